The van der Waals surface area contributed by atoms with E-state index < -0.39 is 0 Å². The molecule has 0 bridgehead atoms. The minimum absolute atomic E-state index is 0.121. The highest BCUT2D eigenvalue weighted by Gasteiger charge is 2.30. The van der Waals surface area contributed by atoms with Gasteiger partial charge in [-0.1, -0.05) is 11.6 Å². The van der Waals surface area contributed by atoms with Gasteiger partial charge in [-0.15, -0.1) is 0 Å². The molecule has 2 aromatic rings. The number of nitrogens with zero attached hydrogens (tertiary/aromatic N) is 1. The highest BCUT2D eigenvalue weighted by Crippen LogP contribution is 2.25. The van der Waals surface area contributed by atoms with Crippen molar-refractivity contribution in [1.82, 2.24) is 4.90 Å². The van der Waals surface area contributed by atoms with Crippen LogP contribution in [0.1, 0.15) is 28.8 Å². The number of carbonyl (C=O) groups is 2. The Morgan fingerprint density at radius 2 is 2.17 bits per heavy atom. The van der Waals surface area contributed by atoms with Gasteiger partial charge in [-0.05, 0) is 49.6 Å². The van der Waals surface area contributed by atoms with Gasteiger partial charge >= 0.3 is 5.97 Å². The molecular formula is C18H18ClNO4. The van der Waals surface area contributed by atoms with Gasteiger partial charge in [0.05, 0.1) is 17.7 Å². The van der Waals surface area contributed by atoms with E-state index >= 15 is 0 Å². The minimum atomic E-state index is -0.329. The van der Waals surface area contributed by atoms with Crippen molar-refractivity contribution in [2.24, 2.45) is 5.92 Å². The molecule has 3 rings (SSSR count). The average Bonchev–Trinajstić information content (AvgIpc) is 3.11. The Kier molecular flexibility index (Phi) is 4.90. The van der Waals surface area contributed by atoms with Crippen LogP contribution in [0.15, 0.2) is 41.2 Å². The lowest BCUT2D eigenvalue weighted by atomic mass is 9.97. The number of halogens is 1. The van der Waals surface area contributed by atoms with Gasteiger partial charge in [0.15, 0.2) is 0 Å². The van der Waals surface area contributed by atoms with Crippen molar-refractivity contribution in [2.75, 3.05) is 13.1 Å². The van der Waals surface area contributed by atoms with Gasteiger partial charge in [0.1, 0.15) is 12.0 Å². The number of hydrogen-bond acceptors (Lipinski definition) is 4. The van der Waals surface area contributed by atoms with Crippen molar-refractivity contribution < 1.29 is 18.7 Å². The first-order valence-corrected chi connectivity index (χ1v) is 8.21. The molecule has 1 fully saturated rings. The third kappa shape index (κ3) is 3.62. The highest BCUT2D eigenvalue weighted by molar-refractivity contribution is 6.30. The van der Waals surface area contributed by atoms with E-state index in [4.69, 9.17) is 20.8 Å². The number of amides is 1. The molecule has 1 amide bonds. The monoisotopic (exact) mass is 347 g/mol. The lowest BCUT2D eigenvalue weighted by Gasteiger charge is -2.31. The van der Waals surface area contributed by atoms with Crippen LogP contribution in [-0.2, 0) is 4.79 Å². The molecule has 1 saturated heterocycles. The summed E-state index contributed by atoms with van der Waals surface area (Å²) in [5.74, 6) is -0.263. The molecule has 24 heavy (non-hydrogen) atoms. The Balaban J connectivity index is 1.65. The van der Waals surface area contributed by atoms with Crippen molar-refractivity contribution in [2.45, 2.75) is 19.8 Å². The van der Waals surface area contributed by atoms with Gasteiger partial charge in [-0.3, -0.25) is 9.59 Å². The number of likely N-dealkylation sites (tertiary alicyclic amines) is 1. The zero-order valence-corrected chi connectivity index (χ0v) is 14.1. The van der Waals surface area contributed by atoms with Crippen LogP contribution in [0.3, 0.4) is 0 Å². The third-order valence-electron chi connectivity index (χ3n) is 4.16. The summed E-state index contributed by atoms with van der Waals surface area (Å²) >= 11 is 5.91. The number of rotatable bonds is 3. The Morgan fingerprint density at radius 1 is 1.33 bits per heavy atom. The number of furan rings is 1. The van der Waals surface area contributed by atoms with Gasteiger partial charge in [-0.2, -0.15) is 0 Å². The van der Waals surface area contributed by atoms with E-state index in [0.717, 1.165) is 12.0 Å². The number of ether oxygens (including phenoxy) is 1. The van der Waals surface area contributed by atoms with Crippen LogP contribution in [0.4, 0.5) is 0 Å². The molecule has 6 heteroatoms. The normalized spacial score (nSPS) is 17.6. The number of piperidine rings is 1. The molecule has 5 nitrogen and oxygen atoms in total. The molecule has 0 aliphatic carbocycles. The van der Waals surface area contributed by atoms with E-state index in [2.05, 4.69) is 0 Å². The van der Waals surface area contributed by atoms with Crippen LogP contribution < -0.4 is 4.74 Å². The zero-order valence-electron chi connectivity index (χ0n) is 13.3. The molecule has 1 atom stereocenters. The van der Waals surface area contributed by atoms with Gasteiger partial charge in [-0.25, -0.2) is 0 Å². The summed E-state index contributed by atoms with van der Waals surface area (Å²) in [5, 5.41) is 0.599. The first kappa shape index (κ1) is 16.6. The van der Waals surface area contributed by atoms with Crippen LogP contribution in [0, 0.1) is 12.8 Å². The fourth-order valence-corrected chi connectivity index (χ4v) is 3.07. The summed E-state index contributed by atoms with van der Waals surface area (Å²) in [7, 11) is 0. The van der Waals surface area contributed by atoms with Crippen molar-refractivity contribution in [1.29, 1.82) is 0 Å². The van der Waals surface area contributed by atoms with Crippen LogP contribution in [0.2, 0.25) is 5.02 Å². The van der Waals surface area contributed by atoms with Crippen molar-refractivity contribution in [3.8, 4) is 5.75 Å². The fraction of sp³-hybridized carbons (Fsp3) is 0.333. The molecule has 0 N–H and O–H groups in total. The predicted octanol–water partition coefficient (Wildman–Crippen LogP) is 3.70. The minimum Gasteiger partial charge on any atom is -0.472 e. The molecule has 0 unspecified atom stereocenters. The van der Waals surface area contributed by atoms with E-state index in [1.807, 2.05) is 6.92 Å². The standard InChI is InChI=1S/C18H18ClNO4/c1-12-9-15(19)4-5-16(12)24-18(22)13-3-2-7-20(10-13)17(21)14-6-8-23-11-14/h4-6,8-9,11,13H,2-3,7,10H2,1H3/t13-/m0/s1. The van der Waals surface area contributed by atoms with E-state index in [0.29, 0.717) is 35.8 Å². The Hall–Kier alpha value is -2.27. The summed E-state index contributed by atoms with van der Waals surface area (Å²) in [5.41, 5.74) is 1.30. The number of benzene rings is 1. The molecule has 1 aliphatic heterocycles. The SMILES string of the molecule is Cc1cc(Cl)ccc1OC(=O)[C@H]1CCCN(C(=O)c2ccoc2)C1. The maximum Gasteiger partial charge on any atom is 0.316 e. The van der Waals surface area contributed by atoms with Crippen molar-refractivity contribution in [3.63, 3.8) is 0 Å². The van der Waals surface area contributed by atoms with E-state index in [-0.39, 0.29) is 17.8 Å². The summed E-state index contributed by atoms with van der Waals surface area (Å²) in [4.78, 5) is 26.5. The first-order valence-electron chi connectivity index (χ1n) is 7.84. The molecule has 1 aromatic heterocycles. The van der Waals surface area contributed by atoms with Crippen molar-refractivity contribution >= 4 is 23.5 Å². The van der Waals surface area contributed by atoms with Crippen LogP contribution in [-0.4, -0.2) is 29.9 Å². The third-order valence-corrected chi connectivity index (χ3v) is 4.39. The van der Waals surface area contributed by atoms with Gasteiger partial charge in [0.25, 0.3) is 5.91 Å². The first-order chi connectivity index (χ1) is 11.5. The lowest BCUT2D eigenvalue weighted by Crippen LogP contribution is -2.43. The maximum atomic E-state index is 12.4. The zero-order chi connectivity index (χ0) is 17.1. The Bertz CT molecular complexity index is 741. The lowest BCUT2D eigenvalue weighted by molar-refractivity contribution is -0.140. The molecule has 126 valence electrons. The van der Waals surface area contributed by atoms with Gasteiger partial charge in [0, 0.05) is 18.1 Å². The number of hydrogen-bond donors (Lipinski definition) is 0. The van der Waals surface area contributed by atoms with Crippen molar-refractivity contribution in [3.05, 3.63) is 52.9 Å². The van der Waals surface area contributed by atoms with Crippen LogP contribution in [0.25, 0.3) is 0 Å². The van der Waals surface area contributed by atoms with E-state index in [9.17, 15) is 9.59 Å². The number of carbonyl (C=O) groups excluding carboxylic acids is 2. The molecule has 1 aliphatic rings. The number of esters is 1. The molecular weight excluding hydrogens is 330 g/mol. The summed E-state index contributed by atoms with van der Waals surface area (Å²) in [6.07, 6.45) is 4.36. The van der Waals surface area contributed by atoms with Gasteiger partial charge in [0.2, 0.25) is 0 Å². The average molecular weight is 348 g/mol. The summed E-state index contributed by atoms with van der Waals surface area (Å²) < 4.78 is 10.5. The molecule has 0 saturated carbocycles. The highest BCUT2D eigenvalue weighted by atomic mass is 35.5. The second-order valence-electron chi connectivity index (χ2n) is 5.93. The molecule has 2 heterocycles. The molecule has 0 spiro atoms. The smallest absolute Gasteiger partial charge is 0.316 e. The fourth-order valence-electron chi connectivity index (χ4n) is 2.84. The van der Waals surface area contributed by atoms with E-state index in [1.165, 1.54) is 12.5 Å². The maximum absolute atomic E-state index is 12.4. The van der Waals surface area contributed by atoms with E-state index in [1.54, 1.807) is 29.2 Å². The summed E-state index contributed by atoms with van der Waals surface area (Å²) in [6, 6.07) is 6.75. The second kappa shape index (κ2) is 7.09. The Morgan fingerprint density at radius 3 is 2.88 bits per heavy atom. The largest absolute Gasteiger partial charge is 0.472 e. The summed E-state index contributed by atoms with van der Waals surface area (Å²) in [6.45, 7) is 2.83. The topological polar surface area (TPSA) is 59.8 Å². The quantitative estimate of drug-likeness (QED) is 0.627. The van der Waals surface area contributed by atoms with Crippen LogP contribution >= 0.6 is 11.6 Å². The Labute approximate surface area is 145 Å². The van der Waals surface area contributed by atoms with Crippen LogP contribution in [0.5, 0.6) is 5.75 Å². The molecule has 1 aromatic carbocycles. The number of aryl methyl sites for hydroxylation is 1. The van der Waals surface area contributed by atoms with Gasteiger partial charge < -0.3 is 14.1 Å². The predicted molar refractivity (Wildman–Crippen MR) is 89.2 cm³/mol. The molecule has 0 radical (unpaired) electrons. The second-order valence-corrected chi connectivity index (χ2v) is 6.37.